The molecule has 1 aromatic heterocycles. The molecular weight excluding hydrogens is 246 g/mol. The quantitative estimate of drug-likeness (QED) is 0.657. The van der Waals surface area contributed by atoms with Crippen LogP contribution < -0.4 is 5.32 Å². The Bertz CT molecular complexity index is 407. The summed E-state index contributed by atoms with van der Waals surface area (Å²) in [4.78, 5) is 8.10. The average Bonchev–Trinajstić information content (AvgIpc) is 2.74. The molecule has 1 aliphatic rings. The lowest BCUT2D eigenvalue weighted by Crippen LogP contribution is -2.28. The number of hydrogen-bond donors (Lipinski definition) is 1. The molecule has 1 N–H and O–H groups in total. The number of halogens is 1. The summed E-state index contributed by atoms with van der Waals surface area (Å²) >= 11 is 5.87. The average molecular weight is 260 g/mol. The summed E-state index contributed by atoms with van der Waals surface area (Å²) in [5, 5.41) is 4.03. The number of nitrogens with zero attached hydrogens (tertiary/aromatic N) is 2. The summed E-state index contributed by atoms with van der Waals surface area (Å²) in [6.07, 6.45) is 3.84. The minimum atomic E-state index is -1.16. The molecule has 0 amide bonds. The van der Waals surface area contributed by atoms with Gasteiger partial charge in [0.25, 0.3) is 0 Å². The highest BCUT2D eigenvalue weighted by Gasteiger charge is 2.19. The highest BCUT2D eigenvalue weighted by Crippen LogP contribution is 2.14. The molecule has 0 spiro atoms. The lowest BCUT2D eigenvalue weighted by Gasteiger charge is -2.08. The van der Waals surface area contributed by atoms with Crippen LogP contribution in [-0.4, -0.2) is 32.5 Å². The third-order valence-corrected chi connectivity index (χ3v) is 4.30. The third-order valence-electron chi connectivity index (χ3n) is 2.61. The van der Waals surface area contributed by atoms with Crippen LogP contribution in [0.1, 0.15) is 18.4 Å². The van der Waals surface area contributed by atoms with Crippen molar-refractivity contribution in [1.29, 1.82) is 0 Å². The van der Waals surface area contributed by atoms with E-state index in [9.17, 15) is 4.21 Å². The first-order valence-corrected chi connectivity index (χ1v) is 6.97. The van der Waals surface area contributed by atoms with Crippen molar-refractivity contribution < 1.29 is 4.21 Å². The minimum Gasteiger partial charge on any atom is -0.313 e. The van der Waals surface area contributed by atoms with E-state index in [0.29, 0.717) is 22.1 Å². The van der Waals surface area contributed by atoms with E-state index in [4.69, 9.17) is 11.6 Å². The first-order chi connectivity index (χ1) is 7.66. The maximum absolute atomic E-state index is 12.0. The zero-order valence-electron chi connectivity index (χ0n) is 9.07. The van der Waals surface area contributed by atoms with Gasteiger partial charge in [0.15, 0.2) is 0 Å². The maximum atomic E-state index is 12.0. The van der Waals surface area contributed by atoms with Crippen LogP contribution in [0.4, 0.5) is 0 Å². The predicted molar refractivity (Wildman–Crippen MR) is 64.1 cm³/mol. The summed E-state index contributed by atoms with van der Waals surface area (Å²) in [6.45, 7) is 2.84. The van der Waals surface area contributed by atoms with Gasteiger partial charge >= 0.3 is 0 Å². The fraction of sp³-hybridized carbons (Fsp3) is 0.600. The molecular formula is C10H14ClN3OS. The van der Waals surface area contributed by atoms with Crippen molar-refractivity contribution in [3.05, 3.63) is 16.9 Å². The van der Waals surface area contributed by atoms with E-state index in [1.165, 1.54) is 0 Å². The van der Waals surface area contributed by atoms with Gasteiger partial charge in [0.2, 0.25) is 5.16 Å². The Kier molecular flexibility index (Phi) is 3.89. The molecule has 0 aliphatic carbocycles. The van der Waals surface area contributed by atoms with Crippen LogP contribution >= 0.6 is 11.6 Å². The van der Waals surface area contributed by atoms with Gasteiger partial charge in [0.1, 0.15) is 5.15 Å². The molecule has 4 nitrogen and oxygen atoms in total. The second-order valence-electron chi connectivity index (χ2n) is 3.93. The lowest BCUT2D eigenvalue weighted by atomic mass is 10.3. The van der Waals surface area contributed by atoms with Gasteiger partial charge in [-0.3, -0.25) is 4.21 Å². The number of aryl methyl sites for hydroxylation is 1. The van der Waals surface area contributed by atoms with E-state index >= 15 is 0 Å². The van der Waals surface area contributed by atoms with Crippen molar-refractivity contribution in [3.8, 4) is 0 Å². The zero-order valence-corrected chi connectivity index (χ0v) is 10.6. The number of nitrogens with one attached hydrogen (secondary N) is 1. The van der Waals surface area contributed by atoms with Gasteiger partial charge in [-0.15, -0.1) is 0 Å². The lowest BCUT2D eigenvalue weighted by molar-refractivity contribution is 0.638. The smallest absolute Gasteiger partial charge is 0.219 e. The Morgan fingerprint density at radius 1 is 1.69 bits per heavy atom. The predicted octanol–water partition coefficient (Wildman–Crippen LogP) is 1.30. The summed E-state index contributed by atoms with van der Waals surface area (Å²) < 4.78 is 12.0. The van der Waals surface area contributed by atoms with Gasteiger partial charge in [-0.05, 0) is 26.3 Å². The normalized spacial score (nSPS) is 22.2. The van der Waals surface area contributed by atoms with Gasteiger partial charge in [-0.25, -0.2) is 9.97 Å². The van der Waals surface area contributed by atoms with E-state index in [-0.39, 0.29) is 0 Å². The number of hydrogen-bond acceptors (Lipinski definition) is 4. The van der Waals surface area contributed by atoms with Crippen molar-refractivity contribution in [2.24, 2.45) is 0 Å². The van der Waals surface area contributed by atoms with E-state index in [1.54, 1.807) is 6.20 Å². The molecule has 2 rings (SSSR count). The molecule has 0 bridgehead atoms. The van der Waals surface area contributed by atoms with Crippen molar-refractivity contribution >= 4 is 22.4 Å². The molecule has 2 atom stereocenters. The van der Waals surface area contributed by atoms with Gasteiger partial charge < -0.3 is 5.32 Å². The number of rotatable bonds is 3. The Balaban J connectivity index is 2.05. The molecule has 0 radical (unpaired) electrons. The summed E-state index contributed by atoms with van der Waals surface area (Å²) in [7, 11) is -1.16. The minimum absolute atomic E-state index is 0.324. The van der Waals surface area contributed by atoms with Gasteiger partial charge in [0, 0.05) is 23.6 Å². The molecule has 88 valence electrons. The van der Waals surface area contributed by atoms with Gasteiger partial charge in [0.05, 0.1) is 10.8 Å². The summed E-state index contributed by atoms with van der Waals surface area (Å²) in [6, 6.07) is 0.324. The molecule has 1 aliphatic heterocycles. The molecule has 16 heavy (non-hydrogen) atoms. The Labute approximate surface area is 102 Å². The second kappa shape index (κ2) is 5.21. The van der Waals surface area contributed by atoms with Crippen LogP contribution in [0.25, 0.3) is 0 Å². The summed E-state index contributed by atoms with van der Waals surface area (Å²) in [5.41, 5.74) is 0.807. The van der Waals surface area contributed by atoms with Crippen molar-refractivity contribution in [2.75, 3.05) is 12.3 Å². The zero-order chi connectivity index (χ0) is 11.5. The second-order valence-corrected chi connectivity index (χ2v) is 5.68. The van der Waals surface area contributed by atoms with Crippen LogP contribution in [0.5, 0.6) is 0 Å². The van der Waals surface area contributed by atoms with Gasteiger partial charge in [-0.2, -0.15) is 0 Å². The van der Waals surface area contributed by atoms with E-state index in [0.717, 1.165) is 24.9 Å². The molecule has 0 saturated carbocycles. The molecule has 2 heterocycles. The van der Waals surface area contributed by atoms with Crippen LogP contribution in [0.3, 0.4) is 0 Å². The van der Waals surface area contributed by atoms with Crippen LogP contribution in [0.15, 0.2) is 11.4 Å². The maximum Gasteiger partial charge on any atom is 0.219 e. The monoisotopic (exact) mass is 259 g/mol. The first-order valence-electron chi connectivity index (χ1n) is 5.27. The third kappa shape index (κ3) is 2.78. The fourth-order valence-corrected chi connectivity index (χ4v) is 3.01. The largest absolute Gasteiger partial charge is 0.313 e. The van der Waals surface area contributed by atoms with Crippen molar-refractivity contribution in [3.63, 3.8) is 0 Å². The van der Waals surface area contributed by atoms with Gasteiger partial charge in [-0.1, -0.05) is 11.6 Å². The van der Waals surface area contributed by atoms with Crippen molar-refractivity contribution in [2.45, 2.75) is 31.0 Å². The Hall–Kier alpha value is -0.520. The molecule has 1 saturated heterocycles. The molecule has 1 fully saturated rings. The molecule has 6 heteroatoms. The molecule has 1 aromatic rings. The standard InChI is InChI=1S/C10H14ClN3OS/c1-7-5-13-10(14-9(7)11)16(15)6-8-3-2-4-12-8/h5,8,12H,2-4,6H2,1H3/t8-,16+/m0/s1. The van der Waals surface area contributed by atoms with Crippen molar-refractivity contribution in [1.82, 2.24) is 15.3 Å². The number of aromatic nitrogens is 2. The first kappa shape index (κ1) is 12.0. The van der Waals surface area contributed by atoms with Crippen LogP contribution in [0, 0.1) is 6.92 Å². The fourth-order valence-electron chi connectivity index (χ4n) is 1.67. The van der Waals surface area contributed by atoms with Crippen LogP contribution in [-0.2, 0) is 10.8 Å². The highest BCUT2D eigenvalue weighted by atomic mass is 35.5. The van der Waals surface area contributed by atoms with E-state index in [2.05, 4.69) is 15.3 Å². The molecule has 0 aromatic carbocycles. The molecule has 0 unspecified atom stereocenters. The Morgan fingerprint density at radius 2 is 2.50 bits per heavy atom. The van der Waals surface area contributed by atoms with E-state index < -0.39 is 10.8 Å². The Morgan fingerprint density at radius 3 is 3.12 bits per heavy atom. The SMILES string of the molecule is Cc1cnc([S@](=O)C[C@@H]2CCCN2)nc1Cl. The topological polar surface area (TPSA) is 54.9 Å². The highest BCUT2D eigenvalue weighted by molar-refractivity contribution is 7.84. The van der Waals surface area contributed by atoms with E-state index in [1.807, 2.05) is 6.92 Å². The van der Waals surface area contributed by atoms with Crippen LogP contribution in [0.2, 0.25) is 5.15 Å². The summed E-state index contributed by atoms with van der Waals surface area (Å²) in [5.74, 6) is 0.569.